The molecule has 0 saturated heterocycles. The van der Waals surface area contributed by atoms with Crippen LogP contribution in [0.15, 0.2) is 0 Å². The first kappa shape index (κ1) is 28.9. The summed E-state index contributed by atoms with van der Waals surface area (Å²) < 4.78 is 10.4. The molecule has 0 atom stereocenters. The van der Waals surface area contributed by atoms with Gasteiger partial charge in [-0.05, 0) is 25.7 Å². The van der Waals surface area contributed by atoms with Gasteiger partial charge in [-0.3, -0.25) is 9.59 Å². The van der Waals surface area contributed by atoms with Gasteiger partial charge in [0.25, 0.3) is 0 Å². The molecule has 178 valence electrons. The van der Waals surface area contributed by atoms with Gasteiger partial charge in [0.2, 0.25) is 0 Å². The number of rotatable bonds is 23. The van der Waals surface area contributed by atoms with Gasteiger partial charge in [-0.15, -0.1) is 0 Å². The van der Waals surface area contributed by atoms with Crippen molar-refractivity contribution in [3.63, 3.8) is 0 Å². The normalized spacial score (nSPS) is 10.9. The fourth-order valence-corrected chi connectivity index (χ4v) is 3.53. The predicted molar refractivity (Wildman–Crippen MR) is 126 cm³/mol. The number of hydrogen-bond acceptors (Lipinski definition) is 4. The Balaban J connectivity index is 3.17. The molecule has 4 heteroatoms. The molecular weight excluding hydrogens is 376 g/mol. The highest BCUT2D eigenvalue weighted by molar-refractivity contribution is 5.69. The van der Waals surface area contributed by atoms with Crippen molar-refractivity contribution < 1.29 is 19.1 Å². The Morgan fingerprint density at radius 2 is 0.733 bits per heavy atom. The summed E-state index contributed by atoms with van der Waals surface area (Å²) in [5, 5.41) is 0. The second kappa shape index (κ2) is 24.2. The van der Waals surface area contributed by atoms with E-state index >= 15 is 0 Å². The number of unbranched alkanes of at least 4 members (excludes halogenated alkanes) is 15. The summed E-state index contributed by atoms with van der Waals surface area (Å²) in [6, 6.07) is 0. The van der Waals surface area contributed by atoms with Crippen LogP contribution in [0.25, 0.3) is 0 Å². The molecule has 0 amide bonds. The average Bonchev–Trinajstić information content (AvgIpc) is 2.74. The van der Waals surface area contributed by atoms with Gasteiger partial charge in [-0.1, -0.05) is 104 Å². The maximum atomic E-state index is 11.6. The second-order valence-corrected chi connectivity index (χ2v) is 8.60. The smallest absolute Gasteiger partial charge is 0.305 e. The molecule has 0 unspecified atom stereocenters. The van der Waals surface area contributed by atoms with Gasteiger partial charge in [-0.25, -0.2) is 0 Å². The Morgan fingerprint density at radius 3 is 1.03 bits per heavy atom. The Labute approximate surface area is 186 Å². The lowest BCUT2D eigenvalue weighted by atomic mass is 10.0. The molecule has 0 heterocycles. The van der Waals surface area contributed by atoms with E-state index in [1.54, 1.807) is 0 Å². The summed E-state index contributed by atoms with van der Waals surface area (Å²) in [6.45, 7) is 5.50. The lowest BCUT2D eigenvalue weighted by Crippen LogP contribution is -2.05. The highest BCUT2D eigenvalue weighted by atomic mass is 16.5. The Hall–Kier alpha value is -1.06. The van der Waals surface area contributed by atoms with Gasteiger partial charge in [0, 0.05) is 12.8 Å². The van der Waals surface area contributed by atoms with E-state index in [2.05, 4.69) is 13.8 Å². The zero-order valence-corrected chi connectivity index (χ0v) is 20.2. The van der Waals surface area contributed by atoms with Crippen LogP contribution in [-0.2, 0) is 19.1 Å². The topological polar surface area (TPSA) is 52.6 Å². The minimum Gasteiger partial charge on any atom is -0.466 e. The molecule has 0 aliphatic rings. The number of carbonyl (C=O) groups excluding carboxylic acids is 2. The summed E-state index contributed by atoms with van der Waals surface area (Å²) in [5.74, 6) is -0.0371. The molecule has 0 aliphatic carbocycles. The van der Waals surface area contributed by atoms with E-state index in [9.17, 15) is 9.59 Å². The van der Waals surface area contributed by atoms with Gasteiger partial charge in [0.1, 0.15) is 0 Å². The second-order valence-electron chi connectivity index (χ2n) is 8.60. The minimum absolute atomic E-state index is 0.0185. The minimum atomic E-state index is -0.0185. The van der Waals surface area contributed by atoms with Crippen LogP contribution >= 0.6 is 0 Å². The quantitative estimate of drug-likeness (QED) is 0.123. The lowest BCUT2D eigenvalue weighted by molar-refractivity contribution is -0.144. The molecule has 0 aliphatic heterocycles. The maximum Gasteiger partial charge on any atom is 0.305 e. The molecule has 0 fully saturated rings. The molecule has 0 radical (unpaired) electrons. The Kier molecular flexibility index (Phi) is 23.4. The lowest BCUT2D eigenvalue weighted by Gasteiger charge is -2.05. The number of carbonyl (C=O) groups is 2. The fourth-order valence-electron chi connectivity index (χ4n) is 3.53. The number of ether oxygens (including phenoxy) is 2. The van der Waals surface area contributed by atoms with Gasteiger partial charge < -0.3 is 9.47 Å². The molecular formula is C26H50O4. The molecule has 0 aromatic rings. The van der Waals surface area contributed by atoms with Crippen molar-refractivity contribution >= 4 is 11.9 Å². The van der Waals surface area contributed by atoms with E-state index in [0.717, 1.165) is 64.2 Å². The van der Waals surface area contributed by atoms with Crippen molar-refractivity contribution in [1.82, 2.24) is 0 Å². The van der Waals surface area contributed by atoms with Gasteiger partial charge >= 0.3 is 11.9 Å². The van der Waals surface area contributed by atoms with Crippen LogP contribution in [-0.4, -0.2) is 25.2 Å². The third-order valence-corrected chi connectivity index (χ3v) is 5.53. The van der Waals surface area contributed by atoms with Crippen molar-refractivity contribution in [1.29, 1.82) is 0 Å². The van der Waals surface area contributed by atoms with Crippen LogP contribution in [0, 0.1) is 0 Å². The van der Waals surface area contributed by atoms with Gasteiger partial charge in [0.15, 0.2) is 0 Å². The SMILES string of the molecule is CCCCCOC(=O)CCCCCCCCCCCCCCC(=O)OCCCCC. The monoisotopic (exact) mass is 426 g/mol. The van der Waals surface area contributed by atoms with Crippen LogP contribution in [0.5, 0.6) is 0 Å². The Morgan fingerprint density at radius 1 is 0.433 bits per heavy atom. The van der Waals surface area contributed by atoms with Crippen LogP contribution in [0.4, 0.5) is 0 Å². The van der Waals surface area contributed by atoms with Crippen molar-refractivity contribution in [2.45, 2.75) is 142 Å². The predicted octanol–water partition coefficient (Wildman–Crippen LogP) is 7.91. The van der Waals surface area contributed by atoms with E-state index < -0.39 is 0 Å². The van der Waals surface area contributed by atoms with Crippen molar-refractivity contribution in [2.24, 2.45) is 0 Å². The molecule has 0 aromatic heterocycles. The summed E-state index contributed by atoms with van der Waals surface area (Å²) in [5.41, 5.74) is 0. The van der Waals surface area contributed by atoms with E-state index in [1.807, 2.05) is 0 Å². The van der Waals surface area contributed by atoms with Crippen LogP contribution in [0.1, 0.15) is 142 Å². The number of esters is 2. The van der Waals surface area contributed by atoms with Crippen molar-refractivity contribution in [3.05, 3.63) is 0 Å². The fraction of sp³-hybridized carbons (Fsp3) is 0.923. The van der Waals surface area contributed by atoms with E-state index in [4.69, 9.17) is 9.47 Å². The molecule has 0 rings (SSSR count). The van der Waals surface area contributed by atoms with E-state index in [0.29, 0.717) is 26.1 Å². The Bertz CT molecular complexity index is 345. The average molecular weight is 427 g/mol. The zero-order valence-electron chi connectivity index (χ0n) is 20.2. The molecule has 30 heavy (non-hydrogen) atoms. The summed E-state index contributed by atoms with van der Waals surface area (Å²) in [7, 11) is 0. The van der Waals surface area contributed by atoms with Crippen LogP contribution < -0.4 is 0 Å². The van der Waals surface area contributed by atoms with Crippen molar-refractivity contribution in [2.75, 3.05) is 13.2 Å². The van der Waals surface area contributed by atoms with E-state index in [1.165, 1.54) is 51.4 Å². The van der Waals surface area contributed by atoms with Gasteiger partial charge in [-0.2, -0.15) is 0 Å². The highest BCUT2D eigenvalue weighted by Crippen LogP contribution is 2.13. The standard InChI is InChI=1S/C26H50O4/c1-3-5-19-23-29-25(27)21-17-15-13-11-9-7-8-10-12-14-16-18-22-26(28)30-24-20-6-4-2/h3-24H2,1-2H3. The third-order valence-electron chi connectivity index (χ3n) is 5.53. The summed E-state index contributed by atoms with van der Waals surface area (Å²) in [4.78, 5) is 23.1. The molecule has 0 saturated carbocycles. The zero-order chi connectivity index (χ0) is 22.1. The van der Waals surface area contributed by atoms with E-state index in [-0.39, 0.29) is 11.9 Å². The maximum absolute atomic E-state index is 11.6. The molecule has 0 spiro atoms. The van der Waals surface area contributed by atoms with Gasteiger partial charge in [0.05, 0.1) is 13.2 Å². The first-order chi connectivity index (χ1) is 14.7. The van der Waals surface area contributed by atoms with Crippen LogP contribution in [0.3, 0.4) is 0 Å². The van der Waals surface area contributed by atoms with Crippen molar-refractivity contribution in [3.8, 4) is 0 Å². The molecule has 0 N–H and O–H groups in total. The largest absolute Gasteiger partial charge is 0.466 e. The first-order valence-electron chi connectivity index (χ1n) is 13.0. The summed E-state index contributed by atoms with van der Waals surface area (Å²) in [6.07, 6.45) is 22.3. The van der Waals surface area contributed by atoms with Crippen LogP contribution in [0.2, 0.25) is 0 Å². The summed E-state index contributed by atoms with van der Waals surface area (Å²) >= 11 is 0. The molecule has 4 nitrogen and oxygen atoms in total. The first-order valence-corrected chi connectivity index (χ1v) is 13.0. The highest BCUT2D eigenvalue weighted by Gasteiger charge is 2.03. The number of hydrogen-bond donors (Lipinski definition) is 0. The molecule has 0 aromatic carbocycles. The molecule has 0 bridgehead atoms. The third kappa shape index (κ3) is 23.2.